The molecule has 0 radical (unpaired) electrons. The minimum absolute atomic E-state index is 0.133. The number of methoxy groups -OCH3 is 3. The first-order chi connectivity index (χ1) is 6.72. The summed E-state index contributed by atoms with van der Waals surface area (Å²) in [4.78, 5) is 0. The average Bonchev–Trinajstić information content (AvgIpc) is 2.17. The van der Waals surface area contributed by atoms with Gasteiger partial charge in [0.05, 0.1) is 18.8 Å². The van der Waals surface area contributed by atoms with Crippen LogP contribution in [0.1, 0.15) is 6.42 Å². The van der Waals surface area contributed by atoms with Crippen LogP contribution in [0.25, 0.3) is 0 Å². The predicted octanol–water partition coefficient (Wildman–Crippen LogP) is -0.230. The van der Waals surface area contributed by atoms with Crippen molar-refractivity contribution in [3.05, 3.63) is 0 Å². The minimum atomic E-state index is -0.946. The zero-order valence-electron chi connectivity index (χ0n) is 8.80. The first-order valence-corrected chi connectivity index (χ1v) is 4.61. The van der Waals surface area contributed by atoms with Crippen LogP contribution in [0, 0.1) is 0 Å². The highest BCUT2D eigenvalue weighted by molar-refractivity contribution is 4.82. The molecule has 0 spiro atoms. The normalized spacial score (nSPS) is 38.6. The van der Waals surface area contributed by atoms with Crippen LogP contribution in [-0.2, 0) is 18.9 Å². The Kier molecular flexibility index (Phi) is 4.77. The van der Waals surface area contributed by atoms with Crippen LogP contribution < -0.4 is 0 Å². The van der Waals surface area contributed by atoms with Gasteiger partial charge in [-0.15, -0.1) is 0 Å². The van der Waals surface area contributed by atoms with Gasteiger partial charge in [0.15, 0.2) is 6.29 Å². The third kappa shape index (κ3) is 2.65. The van der Waals surface area contributed by atoms with Gasteiger partial charge in [0.2, 0.25) is 0 Å². The van der Waals surface area contributed by atoms with Gasteiger partial charge in [-0.25, -0.2) is 0 Å². The van der Waals surface area contributed by atoms with Crippen molar-refractivity contribution in [3.8, 4) is 0 Å². The highest BCUT2D eigenvalue weighted by atomic mass is 16.7. The zero-order chi connectivity index (χ0) is 10.6. The lowest BCUT2D eigenvalue weighted by Crippen LogP contribution is -2.51. The predicted molar refractivity (Wildman–Crippen MR) is 49.0 cm³/mol. The van der Waals surface area contributed by atoms with Crippen molar-refractivity contribution >= 4 is 0 Å². The minimum Gasteiger partial charge on any atom is -0.382 e. The molecular weight excluding hydrogens is 188 g/mol. The summed E-state index contributed by atoms with van der Waals surface area (Å²) in [5, 5.41) is 9.58. The van der Waals surface area contributed by atoms with Gasteiger partial charge in [-0.2, -0.15) is 0 Å². The molecule has 5 heteroatoms. The highest BCUT2D eigenvalue weighted by Crippen LogP contribution is 2.23. The largest absolute Gasteiger partial charge is 0.382 e. The Labute approximate surface area is 83.9 Å². The van der Waals surface area contributed by atoms with Gasteiger partial charge in [0.1, 0.15) is 6.10 Å². The maximum atomic E-state index is 9.58. The fourth-order valence-electron chi connectivity index (χ4n) is 1.70. The van der Waals surface area contributed by atoms with Crippen LogP contribution in [0.4, 0.5) is 0 Å². The molecule has 0 aromatic heterocycles. The fraction of sp³-hybridized carbons (Fsp3) is 1.00. The molecule has 0 amide bonds. The van der Waals surface area contributed by atoms with Crippen LogP contribution in [0.2, 0.25) is 0 Å². The van der Waals surface area contributed by atoms with E-state index in [2.05, 4.69) is 0 Å². The second-order valence-electron chi connectivity index (χ2n) is 3.31. The molecule has 1 saturated heterocycles. The number of aliphatic hydroxyl groups is 1. The smallest absolute Gasteiger partial charge is 0.184 e. The average molecular weight is 206 g/mol. The molecule has 5 nitrogen and oxygen atoms in total. The number of ether oxygens (including phenoxy) is 4. The third-order valence-corrected chi connectivity index (χ3v) is 2.40. The van der Waals surface area contributed by atoms with E-state index in [0.717, 1.165) is 0 Å². The summed E-state index contributed by atoms with van der Waals surface area (Å²) in [6.07, 6.45) is -0.984. The SMILES string of the molecule is COC[C@@H]1C[C@H](OC)[C@@H](OC)C(O)O1. The van der Waals surface area contributed by atoms with E-state index in [9.17, 15) is 5.11 Å². The number of hydrogen-bond donors (Lipinski definition) is 1. The molecule has 1 heterocycles. The molecule has 1 fully saturated rings. The summed E-state index contributed by atoms with van der Waals surface area (Å²) in [6.45, 7) is 0.452. The molecular formula is C9H18O5. The lowest BCUT2D eigenvalue weighted by Gasteiger charge is -2.37. The van der Waals surface area contributed by atoms with Gasteiger partial charge in [-0.1, -0.05) is 0 Å². The Morgan fingerprint density at radius 3 is 2.50 bits per heavy atom. The maximum Gasteiger partial charge on any atom is 0.184 e. The van der Waals surface area contributed by atoms with Crippen molar-refractivity contribution in [2.24, 2.45) is 0 Å². The molecule has 1 N–H and O–H groups in total. The molecule has 0 aliphatic carbocycles. The van der Waals surface area contributed by atoms with Crippen LogP contribution >= 0.6 is 0 Å². The topological polar surface area (TPSA) is 57.2 Å². The van der Waals surface area contributed by atoms with Crippen molar-refractivity contribution < 1.29 is 24.1 Å². The van der Waals surface area contributed by atoms with Crippen molar-refractivity contribution in [3.63, 3.8) is 0 Å². The summed E-state index contributed by atoms with van der Waals surface area (Å²) in [6, 6.07) is 0. The van der Waals surface area contributed by atoms with Gasteiger partial charge in [-0.05, 0) is 0 Å². The molecule has 0 aromatic carbocycles. The molecule has 1 aliphatic rings. The second kappa shape index (κ2) is 5.63. The zero-order valence-corrected chi connectivity index (χ0v) is 8.80. The maximum absolute atomic E-state index is 9.58. The van der Waals surface area contributed by atoms with E-state index in [1.54, 1.807) is 14.2 Å². The Bertz CT molecular complexity index is 163. The van der Waals surface area contributed by atoms with E-state index < -0.39 is 12.4 Å². The Hall–Kier alpha value is -0.200. The monoisotopic (exact) mass is 206 g/mol. The van der Waals surface area contributed by atoms with E-state index >= 15 is 0 Å². The molecule has 1 unspecified atom stereocenters. The standard InChI is InChI=1S/C9H18O5/c1-11-5-6-4-7(12-2)8(13-3)9(10)14-6/h6-10H,4-5H2,1-3H3/t6-,7-,8+,9?/m0/s1. The van der Waals surface area contributed by atoms with Crippen molar-refractivity contribution in [1.82, 2.24) is 0 Å². The number of hydrogen-bond acceptors (Lipinski definition) is 5. The molecule has 0 saturated carbocycles. The Morgan fingerprint density at radius 2 is 2.00 bits per heavy atom. The summed E-state index contributed by atoms with van der Waals surface area (Å²) in [5.41, 5.74) is 0. The van der Waals surface area contributed by atoms with Crippen molar-refractivity contribution in [1.29, 1.82) is 0 Å². The van der Waals surface area contributed by atoms with E-state index in [1.807, 2.05) is 0 Å². The van der Waals surface area contributed by atoms with Crippen LogP contribution in [0.3, 0.4) is 0 Å². The molecule has 0 aromatic rings. The van der Waals surface area contributed by atoms with Crippen molar-refractivity contribution in [2.45, 2.75) is 31.0 Å². The van der Waals surface area contributed by atoms with E-state index in [1.165, 1.54) is 7.11 Å². The first-order valence-electron chi connectivity index (χ1n) is 4.61. The summed E-state index contributed by atoms with van der Waals surface area (Å²) in [7, 11) is 4.72. The fourth-order valence-corrected chi connectivity index (χ4v) is 1.70. The molecule has 1 rings (SSSR count). The van der Waals surface area contributed by atoms with E-state index in [-0.39, 0.29) is 12.2 Å². The molecule has 0 bridgehead atoms. The van der Waals surface area contributed by atoms with Crippen LogP contribution in [0.5, 0.6) is 0 Å². The van der Waals surface area contributed by atoms with Crippen LogP contribution in [-0.4, -0.2) is 57.6 Å². The second-order valence-corrected chi connectivity index (χ2v) is 3.31. The number of aliphatic hydroxyl groups excluding tert-OH is 1. The van der Waals surface area contributed by atoms with E-state index in [4.69, 9.17) is 18.9 Å². The van der Waals surface area contributed by atoms with Gasteiger partial charge >= 0.3 is 0 Å². The Morgan fingerprint density at radius 1 is 1.29 bits per heavy atom. The Balaban J connectivity index is 2.53. The van der Waals surface area contributed by atoms with Gasteiger partial charge in [0.25, 0.3) is 0 Å². The lowest BCUT2D eigenvalue weighted by molar-refractivity contribution is -0.263. The summed E-state index contributed by atoms with van der Waals surface area (Å²) >= 11 is 0. The molecule has 4 atom stereocenters. The van der Waals surface area contributed by atoms with E-state index in [0.29, 0.717) is 13.0 Å². The first kappa shape index (κ1) is 11.9. The van der Waals surface area contributed by atoms with Crippen molar-refractivity contribution in [2.75, 3.05) is 27.9 Å². The van der Waals surface area contributed by atoms with Gasteiger partial charge in [-0.3, -0.25) is 0 Å². The molecule has 84 valence electrons. The molecule has 1 aliphatic heterocycles. The quantitative estimate of drug-likeness (QED) is 0.688. The van der Waals surface area contributed by atoms with Gasteiger partial charge < -0.3 is 24.1 Å². The number of rotatable bonds is 4. The van der Waals surface area contributed by atoms with Crippen LogP contribution in [0.15, 0.2) is 0 Å². The highest BCUT2D eigenvalue weighted by Gasteiger charge is 2.38. The lowest BCUT2D eigenvalue weighted by atomic mass is 10.0. The third-order valence-electron chi connectivity index (χ3n) is 2.40. The van der Waals surface area contributed by atoms with Gasteiger partial charge in [0, 0.05) is 27.8 Å². The summed E-state index contributed by atoms with van der Waals surface area (Å²) in [5.74, 6) is 0. The summed E-state index contributed by atoms with van der Waals surface area (Å²) < 4.78 is 20.6. The molecule has 14 heavy (non-hydrogen) atoms.